The summed E-state index contributed by atoms with van der Waals surface area (Å²) in [5, 5.41) is 2.68. The summed E-state index contributed by atoms with van der Waals surface area (Å²) in [6, 6.07) is 6.72. The number of rotatable bonds is 3. The number of nitrogens with zero attached hydrogens (tertiary/aromatic N) is 5. The van der Waals surface area contributed by atoms with Gasteiger partial charge in [-0.3, -0.25) is 16.5 Å². The van der Waals surface area contributed by atoms with Gasteiger partial charge in [0, 0.05) is 18.3 Å². The molecule has 3 aromatic heterocycles. The lowest BCUT2D eigenvalue weighted by Gasteiger charge is -2.30. The fraction of sp³-hybridized carbons (Fsp3) is 0.318. The van der Waals surface area contributed by atoms with Gasteiger partial charge in [-0.05, 0) is 44.5 Å². The van der Waals surface area contributed by atoms with Crippen molar-refractivity contribution in [1.82, 2.24) is 19.9 Å². The highest BCUT2D eigenvalue weighted by atomic mass is 19.1. The number of nitrogens with two attached hydrogens (primary N) is 2. The number of anilines is 2. The molecule has 1 fully saturated rings. The lowest BCUT2D eigenvalue weighted by Crippen LogP contribution is -2.46. The number of pyridine rings is 2. The molecule has 1 saturated heterocycles. The van der Waals surface area contributed by atoms with Gasteiger partial charge in [-0.1, -0.05) is 0 Å². The molecule has 12 heteroatoms. The van der Waals surface area contributed by atoms with E-state index in [1.54, 1.807) is 44.3 Å². The van der Waals surface area contributed by atoms with Crippen LogP contribution in [0.3, 0.4) is 0 Å². The maximum atomic E-state index is 14.6. The molecule has 10 nitrogen and oxygen atoms in total. The second kappa shape index (κ2) is 9.23. The van der Waals surface area contributed by atoms with E-state index in [2.05, 4.69) is 36.9 Å². The number of carbonyl (C=O) groups is 1. The van der Waals surface area contributed by atoms with Crippen LogP contribution in [0.5, 0.6) is 5.75 Å². The summed E-state index contributed by atoms with van der Waals surface area (Å²) in [5.41, 5.74) is -0.227. The average molecular weight is 470 g/mol. The van der Waals surface area contributed by atoms with Crippen molar-refractivity contribution >= 4 is 17.5 Å². The predicted molar refractivity (Wildman–Crippen MR) is 122 cm³/mol. The van der Waals surface area contributed by atoms with E-state index in [1.165, 1.54) is 0 Å². The number of hydrogen-bond acceptors (Lipinski definition) is 9. The van der Waals surface area contributed by atoms with Gasteiger partial charge in [-0.15, -0.1) is 0 Å². The van der Waals surface area contributed by atoms with Crippen molar-refractivity contribution in [2.75, 3.05) is 23.3 Å². The summed E-state index contributed by atoms with van der Waals surface area (Å²) in [7, 11) is 0. The monoisotopic (exact) mass is 470 g/mol. The highest BCUT2D eigenvalue weighted by Crippen LogP contribution is 2.34. The van der Waals surface area contributed by atoms with Gasteiger partial charge >= 0.3 is 0 Å². The van der Waals surface area contributed by atoms with Gasteiger partial charge in [0.25, 0.3) is 5.91 Å². The number of alkyl halides is 1. The summed E-state index contributed by atoms with van der Waals surface area (Å²) < 4.78 is 33.7. The Morgan fingerprint density at radius 1 is 1.15 bits per heavy atom. The molecule has 0 radical (unpaired) electrons. The zero-order chi connectivity index (χ0) is 24.5. The molecule has 3 aromatic rings. The number of aromatic nitrogens is 4. The van der Waals surface area contributed by atoms with E-state index < -0.39 is 17.6 Å². The first-order chi connectivity index (χ1) is 16.3. The van der Waals surface area contributed by atoms with E-state index >= 15 is 0 Å². The molecule has 0 aromatic carbocycles. The van der Waals surface area contributed by atoms with Crippen molar-refractivity contribution in [2.24, 2.45) is 11.7 Å². The Hall–Kier alpha value is -3.77. The van der Waals surface area contributed by atoms with Gasteiger partial charge in [0.2, 0.25) is 0 Å². The second-order valence-corrected chi connectivity index (χ2v) is 8.24. The van der Waals surface area contributed by atoms with E-state index in [1.807, 2.05) is 4.90 Å². The number of nitrogens with one attached hydrogen (secondary N) is 1. The molecule has 5 rings (SSSR count). The first kappa shape index (κ1) is 23.4. The van der Waals surface area contributed by atoms with E-state index in [4.69, 9.17) is 4.74 Å². The van der Waals surface area contributed by atoms with Crippen molar-refractivity contribution < 1.29 is 18.3 Å². The highest BCUT2D eigenvalue weighted by Gasteiger charge is 2.36. The number of hydrazine groups is 1. The number of ether oxygens (including phenoxy) is 1. The highest BCUT2D eigenvalue weighted by molar-refractivity contribution is 5.99. The zero-order valence-electron chi connectivity index (χ0n) is 18.6. The Balaban J connectivity index is 0.00000133. The van der Waals surface area contributed by atoms with Gasteiger partial charge in [0.05, 0.1) is 18.4 Å². The minimum atomic E-state index is -1.02. The van der Waals surface area contributed by atoms with Crippen LogP contribution < -0.4 is 26.6 Å². The third-order valence-corrected chi connectivity index (χ3v) is 5.45. The fourth-order valence-corrected chi connectivity index (χ4v) is 3.65. The van der Waals surface area contributed by atoms with Gasteiger partial charge in [-0.25, -0.2) is 28.7 Å². The number of halogens is 2. The molecule has 5 N–H and O–H groups in total. The minimum Gasteiger partial charge on any atom is -0.474 e. The Morgan fingerprint density at radius 2 is 1.94 bits per heavy atom. The largest absolute Gasteiger partial charge is 0.474 e. The summed E-state index contributed by atoms with van der Waals surface area (Å²) in [6.45, 7) is 4.24. The molecule has 34 heavy (non-hydrogen) atoms. The Morgan fingerprint density at radius 3 is 2.62 bits per heavy atom. The first-order valence-corrected chi connectivity index (χ1v) is 10.5. The topological polar surface area (TPSA) is 145 Å². The lowest BCUT2D eigenvalue weighted by molar-refractivity contribution is -0.129. The van der Waals surface area contributed by atoms with Crippen molar-refractivity contribution in [3.05, 3.63) is 42.5 Å². The molecule has 0 bridgehead atoms. The molecule has 1 unspecified atom stereocenters. The summed E-state index contributed by atoms with van der Waals surface area (Å²) in [6.07, 6.45) is 2.29. The van der Waals surface area contributed by atoms with Gasteiger partial charge in [0.1, 0.15) is 17.7 Å². The summed E-state index contributed by atoms with van der Waals surface area (Å²) in [5.74, 6) is 8.54. The summed E-state index contributed by atoms with van der Waals surface area (Å²) >= 11 is 0. The molecule has 2 aliphatic heterocycles. The van der Waals surface area contributed by atoms with Crippen LogP contribution in [-0.2, 0) is 4.79 Å². The standard InChI is InChI=1S/C22H20F2N6O2.H4N2/c1-22(2)21(31)29-20-16(32-22)5-4-15(27-20)18-14(24)10-26-19(28-18)12-3-6-17(25-9-12)30-8-7-13(23)11-30;1-2/h3-6,9-10,13H,7-8,11H2,1-2H3,(H,27,29,31);1-2H2. The maximum absolute atomic E-state index is 14.6. The fourth-order valence-electron chi connectivity index (χ4n) is 3.65. The van der Waals surface area contributed by atoms with Crippen LogP contribution in [0.4, 0.5) is 20.4 Å². The summed E-state index contributed by atoms with van der Waals surface area (Å²) in [4.78, 5) is 31.2. The van der Waals surface area contributed by atoms with Crippen LogP contribution in [0.25, 0.3) is 22.8 Å². The van der Waals surface area contributed by atoms with Gasteiger partial charge in [-0.2, -0.15) is 0 Å². The van der Waals surface area contributed by atoms with Crippen LogP contribution in [0.2, 0.25) is 0 Å². The van der Waals surface area contributed by atoms with Crippen molar-refractivity contribution in [3.63, 3.8) is 0 Å². The van der Waals surface area contributed by atoms with Crippen molar-refractivity contribution in [1.29, 1.82) is 0 Å². The molecule has 0 saturated carbocycles. The van der Waals surface area contributed by atoms with Crippen molar-refractivity contribution in [2.45, 2.75) is 32.0 Å². The Kier molecular flexibility index (Phi) is 6.35. The van der Waals surface area contributed by atoms with Crippen LogP contribution in [-0.4, -0.2) is 50.7 Å². The van der Waals surface area contributed by atoms with Crippen LogP contribution in [0, 0.1) is 5.82 Å². The molecule has 0 spiro atoms. The van der Waals surface area contributed by atoms with E-state index in [9.17, 15) is 13.6 Å². The molecular formula is C22H24F2N8O2. The van der Waals surface area contributed by atoms with E-state index in [0.717, 1.165) is 6.20 Å². The molecule has 0 aliphatic carbocycles. The first-order valence-electron chi connectivity index (χ1n) is 10.5. The van der Waals surface area contributed by atoms with Crippen LogP contribution in [0.1, 0.15) is 20.3 Å². The molecule has 1 atom stereocenters. The number of carbonyl (C=O) groups excluding carboxylic acids is 1. The van der Waals surface area contributed by atoms with Gasteiger partial charge in [0.15, 0.2) is 28.8 Å². The smallest absolute Gasteiger partial charge is 0.269 e. The molecule has 2 aliphatic rings. The zero-order valence-corrected chi connectivity index (χ0v) is 18.6. The van der Waals surface area contributed by atoms with Crippen molar-refractivity contribution in [3.8, 4) is 28.5 Å². The Labute approximate surface area is 194 Å². The van der Waals surface area contributed by atoms with Crippen LogP contribution >= 0.6 is 0 Å². The molecule has 178 valence electrons. The third kappa shape index (κ3) is 4.50. The maximum Gasteiger partial charge on any atom is 0.269 e. The number of fused-ring (bicyclic) bond motifs is 1. The van der Waals surface area contributed by atoms with E-state index in [-0.39, 0.29) is 28.9 Å². The second-order valence-electron chi connectivity index (χ2n) is 8.24. The third-order valence-electron chi connectivity index (χ3n) is 5.45. The number of amides is 1. The van der Waals surface area contributed by atoms with Crippen LogP contribution in [0.15, 0.2) is 36.7 Å². The quantitative estimate of drug-likeness (QED) is 0.387. The predicted octanol–water partition coefficient (Wildman–Crippen LogP) is 2.22. The SMILES string of the molecule is CC1(C)Oc2ccc(-c3nc(-c4ccc(N5CCC(F)C5)nc4)ncc3F)nc2NC1=O.NN. The molecule has 1 amide bonds. The minimum absolute atomic E-state index is 0.0132. The van der Waals surface area contributed by atoms with Gasteiger partial charge < -0.3 is 15.0 Å². The average Bonchev–Trinajstić information content (AvgIpc) is 3.27. The normalized spacial score (nSPS) is 18.4. The van der Waals surface area contributed by atoms with E-state index in [0.29, 0.717) is 36.6 Å². The number of hydrogen-bond donors (Lipinski definition) is 3. The Bertz CT molecular complexity index is 1210. The lowest BCUT2D eigenvalue weighted by atomic mass is 10.1. The molecule has 5 heterocycles. The molecular weight excluding hydrogens is 446 g/mol.